The first kappa shape index (κ1) is 13.0. The van der Waals surface area contributed by atoms with Crippen LogP contribution in [-0.2, 0) is 4.84 Å². The lowest BCUT2D eigenvalue weighted by Crippen LogP contribution is -2.38. The number of hydrogen-bond acceptors (Lipinski definition) is 3. The van der Waals surface area contributed by atoms with Crippen LogP contribution >= 0.6 is 0 Å². The number of nitrogens with one attached hydrogen (secondary N) is 2. The van der Waals surface area contributed by atoms with Crippen molar-refractivity contribution in [3.05, 3.63) is 0 Å². The average molecular weight is 227 g/mol. The first-order chi connectivity index (χ1) is 7.83. The molecule has 1 aliphatic heterocycles. The van der Waals surface area contributed by atoms with Crippen LogP contribution in [0.25, 0.3) is 0 Å². The highest BCUT2D eigenvalue weighted by Crippen LogP contribution is 2.04. The van der Waals surface area contributed by atoms with E-state index in [4.69, 9.17) is 4.84 Å². The molecule has 0 spiro atoms. The number of amides is 2. The van der Waals surface area contributed by atoms with Gasteiger partial charge in [-0.25, -0.2) is 10.3 Å². The highest BCUT2D eigenvalue weighted by molar-refractivity contribution is 5.95. The van der Waals surface area contributed by atoms with E-state index in [1.165, 1.54) is 32.1 Å². The third-order valence-corrected chi connectivity index (χ3v) is 2.46. The summed E-state index contributed by atoms with van der Waals surface area (Å²) in [6, 6.07) is -0.434. The number of hydrogen-bond donors (Lipinski definition) is 2. The van der Waals surface area contributed by atoms with E-state index >= 15 is 0 Å². The van der Waals surface area contributed by atoms with Gasteiger partial charge in [0.2, 0.25) is 0 Å². The molecule has 1 rings (SSSR count). The molecule has 0 unspecified atom stereocenters. The van der Waals surface area contributed by atoms with Crippen molar-refractivity contribution in [1.29, 1.82) is 0 Å². The molecule has 0 atom stereocenters. The number of aliphatic imine (C=N–C) groups is 1. The Hall–Kier alpha value is -1.10. The zero-order chi connectivity index (χ0) is 11.6. The Labute approximate surface area is 96.6 Å². The smallest absolute Gasteiger partial charge is 0.366 e. The highest BCUT2D eigenvalue weighted by Gasteiger charge is 2.09. The maximum absolute atomic E-state index is 10.8. The fourth-order valence-electron chi connectivity index (χ4n) is 1.57. The molecule has 16 heavy (non-hydrogen) atoms. The summed E-state index contributed by atoms with van der Waals surface area (Å²) < 4.78 is 0. The van der Waals surface area contributed by atoms with Crippen LogP contribution in [0.2, 0.25) is 0 Å². The van der Waals surface area contributed by atoms with Gasteiger partial charge in [0.05, 0.1) is 0 Å². The van der Waals surface area contributed by atoms with Crippen molar-refractivity contribution in [2.45, 2.75) is 45.4 Å². The van der Waals surface area contributed by atoms with Crippen molar-refractivity contribution >= 4 is 11.9 Å². The van der Waals surface area contributed by atoms with Crippen molar-refractivity contribution < 1.29 is 9.63 Å². The molecule has 0 aromatic heterocycles. The SMILES string of the molecule is CCCCCCCCNC1=NC(=O)NOC1. The predicted octanol–water partition coefficient (Wildman–Crippen LogP) is 1.99. The van der Waals surface area contributed by atoms with Gasteiger partial charge in [-0.3, -0.25) is 4.84 Å². The Morgan fingerprint density at radius 2 is 2.06 bits per heavy atom. The van der Waals surface area contributed by atoms with Gasteiger partial charge in [0, 0.05) is 6.54 Å². The predicted molar refractivity (Wildman–Crippen MR) is 63.3 cm³/mol. The van der Waals surface area contributed by atoms with Gasteiger partial charge >= 0.3 is 6.03 Å². The molecule has 5 heteroatoms. The topological polar surface area (TPSA) is 62.7 Å². The van der Waals surface area contributed by atoms with Crippen LogP contribution in [0.3, 0.4) is 0 Å². The molecule has 0 aromatic rings. The van der Waals surface area contributed by atoms with Gasteiger partial charge in [0.15, 0.2) is 0 Å². The molecule has 0 bridgehead atoms. The number of carbonyl (C=O) groups excluding carboxylic acids is 1. The summed E-state index contributed by atoms with van der Waals surface area (Å²) in [6.45, 7) is 3.41. The van der Waals surface area contributed by atoms with E-state index in [0.717, 1.165) is 13.0 Å². The first-order valence-electron chi connectivity index (χ1n) is 6.06. The largest absolute Gasteiger partial charge is 0.371 e. The van der Waals surface area contributed by atoms with Crippen LogP contribution in [0.5, 0.6) is 0 Å². The molecule has 0 fully saturated rings. The summed E-state index contributed by atoms with van der Waals surface area (Å²) in [5, 5.41) is 3.11. The molecule has 0 saturated carbocycles. The number of carbonyl (C=O) groups is 1. The lowest BCUT2D eigenvalue weighted by Gasteiger charge is -2.13. The summed E-state index contributed by atoms with van der Waals surface area (Å²) in [6.07, 6.45) is 7.56. The minimum atomic E-state index is -0.434. The van der Waals surface area contributed by atoms with Gasteiger partial charge in [-0.15, -0.1) is 0 Å². The van der Waals surface area contributed by atoms with Gasteiger partial charge in [0.25, 0.3) is 0 Å². The van der Waals surface area contributed by atoms with Gasteiger partial charge < -0.3 is 5.32 Å². The van der Waals surface area contributed by atoms with Crippen LogP contribution in [0.15, 0.2) is 4.99 Å². The summed E-state index contributed by atoms with van der Waals surface area (Å²) in [4.78, 5) is 19.4. The molecule has 5 nitrogen and oxygen atoms in total. The number of unbranched alkanes of at least 4 members (excludes halogenated alkanes) is 5. The third kappa shape index (κ3) is 5.70. The van der Waals surface area contributed by atoms with Gasteiger partial charge in [-0.1, -0.05) is 39.0 Å². The number of nitrogens with zero attached hydrogens (tertiary/aromatic N) is 1. The standard InChI is InChI=1S/C11H21N3O2/c1-2-3-4-5-6-7-8-12-10-9-16-14-11(15)13-10/h2-9H2,1H3,(H2,12,13,14,15). The second-order valence-electron chi connectivity index (χ2n) is 3.95. The van der Waals surface area contributed by atoms with Crippen molar-refractivity contribution in [1.82, 2.24) is 10.8 Å². The fourth-order valence-corrected chi connectivity index (χ4v) is 1.57. The third-order valence-electron chi connectivity index (χ3n) is 2.46. The van der Waals surface area contributed by atoms with Gasteiger partial charge in [-0.2, -0.15) is 4.99 Å². The molecule has 0 saturated heterocycles. The monoisotopic (exact) mass is 227 g/mol. The molecule has 1 heterocycles. The zero-order valence-electron chi connectivity index (χ0n) is 9.92. The number of hydroxylamine groups is 1. The second kappa shape index (κ2) is 8.10. The van der Waals surface area contributed by atoms with Crippen molar-refractivity contribution in [2.75, 3.05) is 13.2 Å². The Morgan fingerprint density at radius 1 is 1.31 bits per heavy atom. The molecule has 0 aromatic carbocycles. The molecule has 0 radical (unpaired) electrons. The normalized spacial score (nSPS) is 15.6. The minimum Gasteiger partial charge on any atom is -0.371 e. The zero-order valence-corrected chi connectivity index (χ0v) is 9.92. The maximum Gasteiger partial charge on any atom is 0.366 e. The van der Waals surface area contributed by atoms with Gasteiger partial charge in [0.1, 0.15) is 12.4 Å². The van der Waals surface area contributed by atoms with E-state index < -0.39 is 6.03 Å². The molecule has 0 aliphatic carbocycles. The van der Waals surface area contributed by atoms with E-state index in [-0.39, 0.29) is 0 Å². The van der Waals surface area contributed by atoms with Gasteiger partial charge in [-0.05, 0) is 6.42 Å². The molecule has 2 amide bonds. The first-order valence-corrected chi connectivity index (χ1v) is 6.06. The highest BCUT2D eigenvalue weighted by atomic mass is 16.7. The van der Waals surface area contributed by atoms with Crippen LogP contribution in [0.1, 0.15) is 45.4 Å². The van der Waals surface area contributed by atoms with E-state index in [9.17, 15) is 4.79 Å². The summed E-state index contributed by atoms with van der Waals surface area (Å²) >= 11 is 0. The van der Waals surface area contributed by atoms with E-state index in [1.54, 1.807) is 0 Å². The molecular weight excluding hydrogens is 206 g/mol. The number of urea groups is 1. The van der Waals surface area contributed by atoms with E-state index in [1.807, 2.05) is 0 Å². The fraction of sp³-hybridized carbons (Fsp3) is 0.818. The van der Waals surface area contributed by atoms with Crippen LogP contribution in [-0.4, -0.2) is 25.0 Å². The van der Waals surface area contributed by atoms with E-state index in [0.29, 0.717) is 12.4 Å². The summed E-state index contributed by atoms with van der Waals surface area (Å²) in [5.41, 5.74) is 2.17. The Bertz CT molecular complexity index is 241. The molecule has 1 aliphatic rings. The quantitative estimate of drug-likeness (QED) is 0.654. The Kier molecular flexibility index (Phi) is 6.56. The van der Waals surface area contributed by atoms with Crippen molar-refractivity contribution in [3.8, 4) is 0 Å². The summed E-state index contributed by atoms with van der Waals surface area (Å²) in [5.74, 6) is 0.623. The van der Waals surface area contributed by atoms with Crippen LogP contribution in [0.4, 0.5) is 4.79 Å². The van der Waals surface area contributed by atoms with Crippen LogP contribution < -0.4 is 10.8 Å². The lowest BCUT2D eigenvalue weighted by molar-refractivity contribution is 0.0844. The minimum absolute atomic E-state index is 0.335. The van der Waals surface area contributed by atoms with Crippen molar-refractivity contribution in [2.24, 2.45) is 4.99 Å². The Morgan fingerprint density at radius 3 is 2.81 bits per heavy atom. The molecule has 92 valence electrons. The molecule has 2 N–H and O–H groups in total. The summed E-state index contributed by atoms with van der Waals surface area (Å²) in [7, 11) is 0. The second-order valence-corrected chi connectivity index (χ2v) is 3.95. The van der Waals surface area contributed by atoms with Crippen LogP contribution in [0, 0.1) is 0 Å². The van der Waals surface area contributed by atoms with E-state index in [2.05, 4.69) is 22.7 Å². The van der Waals surface area contributed by atoms with Crippen molar-refractivity contribution in [3.63, 3.8) is 0 Å². The molecular formula is C11H21N3O2. The maximum atomic E-state index is 10.8. The lowest BCUT2D eigenvalue weighted by atomic mass is 10.1. The number of amidine groups is 1. The average Bonchev–Trinajstić information content (AvgIpc) is 2.28. The number of rotatable bonds is 7. The Balaban J connectivity index is 1.96.